The van der Waals surface area contributed by atoms with Crippen molar-refractivity contribution < 1.29 is 31.7 Å². The number of methoxy groups -OCH3 is 1. The van der Waals surface area contributed by atoms with Crippen molar-refractivity contribution in [1.29, 1.82) is 0 Å². The topological polar surface area (TPSA) is 99.2 Å². The summed E-state index contributed by atoms with van der Waals surface area (Å²) in [6.45, 7) is 4.08. The zero-order valence-electron chi connectivity index (χ0n) is 20.5. The highest BCUT2D eigenvalue weighted by Gasteiger charge is 2.35. The van der Waals surface area contributed by atoms with Crippen LogP contribution in [0.4, 0.5) is 4.79 Å². The molecule has 0 N–H and O–H groups in total. The summed E-state index contributed by atoms with van der Waals surface area (Å²) in [7, 11) is -2.73. The van der Waals surface area contributed by atoms with Gasteiger partial charge in [0.15, 0.2) is 11.5 Å². The number of rotatable bonds is 9. The Bertz CT molecular complexity index is 1450. The quantitative estimate of drug-likeness (QED) is 0.270. The van der Waals surface area contributed by atoms with Crippen molar-refractivity contribution in [3.05, 3.63) is 88.3 Å². The first kappa shape index (κ1) is 26.3. The molecular formula is C27H25NO7S2. The Hall–Kier alpha value is -3.76. The summed E-state index contributed by atoms with van der Waals surface area (Å²) < 4.78 is 41.8. The van der Waals surface area contributed by atoms with Gasteiger partial charge in [-0.25, -0.2) is 0 Å². The first-order valence-corrected chi connectivity index (χ1v) is 13.5. The van der Waals surface area contributed by atoms with Gasteiger partial charge in [-0.05, 0) is 73.6 Å². The van der Waals surface area contributed by atoms with Gasteiger partial charge in [0.25, 0.3) is 11.1 Å². The van der Waals surface area contributed by atoms with E-state index >= 15 is 0 Å². The molecule has 0 unspecified atom stereocenters. The van der Waals surface area contributed by atoms with Crippen LogP contribution in [0, 0.1) is 13.8 Å². The van der Waals surface area contributed by atoms with E-state index in [1.807, 2.05) is 38.1 Å². The predicted octanol–water partition coefficient (Wildman–Crippen LogP) is 5.20. The fraction of sp³-hybridized carbons (Fsp3) is 0.185. The van der Waals surface area contributed by atoms with Gasteiger partial charge in [0.1, 0.15) is 17.3 Å². The number of benzene rings is 3. The molecule has 0 saturated carbocycles. The Balaban J connectivity index is 1.48. The summed E-state index contributed by atoms with van der Waals surface area (Å²) in [5, 5.41) is -0.407. The summed E-state index contributed by atoms with van der Waals surface area (Å²) >= 11 is 0.805. The number of aryl methyl sites for hydroxylation is 2. The minimum absolute atomic E-state index is 0.000434. The summed E-state index contributed by atoms with van der Waals surface area (Å²) in [5.74, 6) is 0.365. The SMILES string of the molecule is COc1ccc(/C=C2\SC(=O)N(CCOc3ccc(C)cc3)C2=O)cc1OS(=O)(=O)c1ccc(C)cc1. The third kappa shape index (κ3) is 6.33. The number of imide groups is 1. The molecule has 0 aliphatic carbocycles. The average Bonchev–Trinajstić information content (AvgIpc) is 3.13. The molecule has 0 radical (unpaired) electrons. The molecule has 1 saturated heterocycles. The summed E-state index contributed by atoms with van der Waals surface area (Å²) in [6, 6.07) is 18.4. The molecule has 1 heterocycles. The van der Waals surface area contributed by atoms with Crippen molar-refractivity contribution in [2.45, 2.75) is 18.7 Å². The van der Waals surface area contributed by atoms with Crippen LogP contribution in [0.3, 0.4) is 0 Å². The zero-order chi connectivity index (χ0) is 26.6. The first-order valence-electron chi connectivity index (χ1n) is 11.3. The van der Waals surface area contributed by atoms with Gasteiger partial charge in [-0.1, -0.05) is 41.5 Å². The zero-order valence-corrected chi connectivity index (χ0v) is 22.1. The number of ether oxygens (including phenoxy) is 2. The van der Waals surface area contributed by atoms with E-state index < -0.39 is 21.3 Å². The lowest BCUT2D eigenvalue weighted by atomic mass is 10.2. The number of nitrogens with zero attached hydrogens (tertiary/aromatic N) is 1. The highest BCUT2D eigenvalue weighted by atomic mass is 32.2. The molecule has 3 aromatic rings. The smallest absolute Gasteiger partial charge is 0.339 e. The van der Waals surface area contributed by atoms with Crippen LogP contribution in [-0.2, 0) is 14.9 Å². The van der Waals surface area contributed by atoms with Gasteiger partial charge in [-0.15, -0.1) is 0 Å². The maximum absolute atomic E-state index is 12.9. The van der Waals surface area contributed by atoms with Gasteiger partial charge >= 0.3 is 10.1 Å². The van der Waals surface area contributed by atoms with Gasteiger partial charge in [0.05, 0.1) is 18.6 Å². The molecule has 0 atom stereocenters. The second-order valence-corrected chi connectivity index (χ2v) is 10.8. The summed E-state index contributed by atoms with van der Waals surface area (Å²) in [4.78, 5) is 26.6. The number of carbonyl (C=O) groups is 2. The Morgan fingerprint density at radius 2 is 1.54 bits per heavy atom. The maximum atomic E-state index is 12.9. The fourth-order valence-electron chi connectivity index (χ4n) is 3.45. The molecule has 0 bridgehead atoms. The minimum Gasteiger partial charge on any atom is -0.493 e. The Kier molecular flexibility index (Phi) is 7.89. The Labute approximate surface area is 220 Å². The van der Waals surface area contributed by atoms with Crippen LogP contribution in [0.15, 0.2) is 76.5 Å². The summed E-state index contributed by atoms with van der Waals surface area (Å²) in [6.07, 6.45) is 1.51. The molecule has 8 nitrogen and oxygen atoms in total. The van der Waals surface area contributed by atoms with Crippen LogP contribution in [0.5, 0.6) is 17.2 Å². The van der Waals surface area contributed by atoms with Crippen LogP contribution in [-0.4, -0.2) is 44.7 Å². The van der Waals surface area contributed by atoms with Gasteiger partial charge < -0.3 is 13.7 Å². The van der Waals surface area contributed by atoms with Crippen LogP contribution < -0.4 is 13.7 Å². The van der Waals surface area contributed by atoms with E-state index in [1.54, 1.807) is 18.2 Å². The van der Waals surface area contributed by atoms with E-state index in [4.69, 9.17) is 13.7 Å². The van der Waals surface area contributed by atoms with Crippen molar-refractivity contribution in [1.82, 2.24) is 4.90 Å². The number of carbonyl (C=O) groups excluding carboxylic acids is 2. The second kappa shape index (κ2) is 11.1. The second-order valence-electron chi connectivity index (χ2n) is 8.26. The number of hydrogen-bond acceptors (Lipinski definition) is 8. The fourth-order valence-corrected chi connectivity index (χ4v) is 5.25. The number of hydrogen-bond donors (Lipinski definition) is 0. The lowest BCUT2D eigenvalue weighted by molar-refractivity contribution is -0.123. The van der Waals surface area contributed by atoms with Gasteiger partial charge in [-0.3, -0.25) is 14.5 Å². The van der Waals surface area contributed by atoms with Crippen molar-refractivity contribution in [2.75, 3.05) is 20.3 Å². The van der Waals surface area contributed by atoms with Crippen molar-refractivity contribution in [3.8, 4) is 17.2 Å². The molecule has 4 rings (SSSR count). The van der Waals surface area contributed by atoms with E-state index in [2.05, 4.69) is 0 Å². The molecule has 0 spiro atoms. The van der Waals surface area contributed by atoms with Crippen molar-refractivity contribution in [3.63, 3.8) is 0 Å². The van der Waals surface area contributed by atoms with E-state index in [0.29, 0.717) is 11.3 Å². The van der Waals surface area contributed by atoms with Crippen molar-refractivity contribution >= 4 is 39.1 Å². The third-order valence-electron chi connectivity index (χ3n) is 5.47. The van der Waals surface area contributed by atoms with E-state index in [0.717, 1.165) is 27.8 Å². The van der Waals surface area contributed by atoms with Crippen LogP contribution in [0.1, 0.15) is 16.7 Å². The first-order chi connectivity index (χ1) is 17.7. The average molecular weight is 540 g/mol. The highest BCUT2D eigenvalue weighted by molar-refractivity contribution is 8.18. The standard InChI is InChI=1S/C27H25NO7S2/c1-18-4-9-21(10-5-18)34-15-14-28-26(29)25(36-27(28)30)17-20-8-13-23(33-3)24(16-20)35-37(31,32)22-11-6-19(2)7-12-22/h4-13,16-17H,14-15H2,1-3H3/b25-17-. The predicted molar refractivity (Wildman–Crippen MR) is 141 cm³/mol. The van der Waals surface area contributed by atoms with Gasteiger partial charge in [0.2, 0.25) is 0 Å². The van der Waals surface area contributed by atoms with Gasteiger partial charge in [0, 0.05) is 0 Å². The molecule has 192 valence electrons. The molecule has 1 aliphatic heterocycles. The minimum atomic E-state index is -4.12. The maximum Gasteiger partial charge on any atom is 0.339 e. The lowest BCUT2D eigenvalue weighted by Gasteiger charge is -2.13. The largest absolute Gasteiger partial charge is 0.493 e. The molecule has 2 amide bonds. The molecule has 1 fully saturated rings. The number of thioether (sulfide) groups is 1. The molecule has 0 aromatic heterocycles. The van der Waals surface area contributed by atoms with Crippen LogP contribution >= 0.6 is 11.8 Å². The Morgan fingerprint density at radius 3 is 2.19 bits per heavy atom. The van der Waals surface area contributed by atoms with Crippen LogP contribution in [0.25, 0.3) is 6.08 Å². The molecule has 10 heteroatoms. The summed E-state index contributed by atoms with van der Waals surface area (Å²) in [5.41, 5.74) is 2.48. The highest BCUT2D eigenvalue weighted by Crippen LogP contribution is 2.35. The molecule has 37 heavy (non-hydrogen) atoms. The van der Waals surface area contributed by atoms with Crippen LogP contribution in [0.2, 0.25) is 0 Å². The van der Waals surface area contributed by atoms with E-state index in [9.17, 15) is 18.0 Å². The Morgan fingerprint density at radius 1 is 0.892 bits per heavy atom. The molecule has 3 aromatic carbocycles. The normalized spacial score (nSPS) is 14.8. The monoisotopic (exact) mass is 539 g/mol. The van der Waals surface area contributed by atoms with E-state index in [-0.39, 0.29) is 34.5 Å². The molecular weight excluding hydrogens is 514 g/mol. The number of amides is 2. The van der Waals surface area contributed by atoms with Crippen molar-refractivity contribution in [2.24, 2.45) is 0 Å². The van der Waals surface area contributed by atoms with Gasteiger partial charge in [-0.2, -0.15) is 8.42 Å². The van der Waals surface area contributed by atoms with E-state index in [1.165, 1.54) is 37.5 Å². The third-order valence-corrected chi connectivity index (χ3v) is 7.63. The lowest BCUT2D eigenvalue weighted by Crippen LogP contribution is -2.32. The molecule has 1 aliphatic rings.